The number of rotatable bonds is 3. The fraction of sp³-hybridized carbons (Fsp3) is 0.0714. The van der Waals surface area contributed by atoms with Crippen LogP contribution in [0.1, 0.15) is 5.56 Å². The molecule has 0 heterocycles. The third kappa shape index (κ3) is 3.43. The van der Waals surface area contributed by atoms with Crippen molar-refractivity contribution in [1.82, 2.24) is 4.72 Å². The third-order valence-electron chi connectivity index (χ3n) is 2.69. The van der Waals surface area contributed by atoms with E-state index in [0.29, 0.717) is 11.6 Å². The average Bonchev–Trinajstić information content (AvgIpc) is 2.45. The second kappa shape index (κ2) is 6.01. The number of halogens is 2. The minimum atomic E-state index is -4.19. The molecule has 110 valence electrons. The van der Waals surface area contributed by atoms with Crippen molar-refractivity contribution in [3.63, 3.8) is 0 Å². The lowest BCUT2D eigenvalue weighted by atomic mass is 10.2. The Morgan fingerprint density at radius 3 is 2.33 bits per heavy atom. The van der Waals surface area contributed by atoms with Crippen molar-refractivity contribution in [2.75, 3.05) is 7.05 Å². The van der Waals surface area contributed by atoms with Crippen molar-refractivity contribution in [2.24, 2.45) is 4.99 Å². The average molecular weight is 310 g/mol. The van der Waals surface area contributed by atoms with Crippen LogP contribution in [-0.2, 0) is 10.0 Å². The van der Waals surface area contributed by atoms with Crippen LogP contribution >= 0.6 is 0 Å². The Kier molecular flexibility index (Phi) is 4.32. The maximum absolute atomic E-state index is 13.6. The van der Waals surface area contributed by atoms with Crippen LogP contribution in [0.25, 0.3) is 0 Å². The van der Waals surface area contributed by atoms with Crippen molar-refractivity contribution < 1.29 is 17.2 Å². The number of hydrogen-bond acceptors (Lipinski definition) is 3. The largest absolute Gasteiger partial charge is 0.271 e. The van der Waals surface area contributed by atoms with Gasteiger partial charge >= 0.3 is 0 Å². The predicted octanol–water partition coefficient (Wildman–Crippen LogP) is 2.32. The molecule has 0 aromatic heterocycles. The van der Waals surface area contributed by atoms with Crippen LogP contribution in [0, 0.1) is 11.6 Å². The summed E-state index contributed by atoms with van der Waals surface area (Å²) in [4.78, 5) is 3.21. The minimum Gasteiger partial charge on any atom is -0.271 e. The first-order valence-electron chi connectivity index (χ1n) is 5.94. The summed E-state index contributed by atoms with van der Waals surface area (Å²) in [5.41, 5.74) is 0.533. The molecule has 4 nitrogen and oxygen atoms in total. The van der Waals surface area contributed by atoms with Gasteiger partial charge in [-0.3, -0.25) is 9.71 Å². The molecule has 0 unspecified atom stereocenters. The lowest BCUT2D eigenvalue weighted by molar-refractivity contribution is 0.547. The van der Waals surface area contributed by atoms with Gasteiger partial charge in [0.15, 0.2) is 0 Å². The summed E-state index contributed by atoms with van der Waals surface area (Å²) < 4.78 is 53.0. The van der Waals surface area contributed by atoms with E-state index in [0.717, 1.165) is 12.1 Å². The Balaban J connectivity index is 2.37. The van der Waals surface area contributed by atoms with Gasteiger partial charge in [0.05, 0.1) is 0 Å². The molecule has 1 N–H and O–H groups in total. The second-order valence-corrected chi connectivity index (χ2v) is 5.77. The molecule has 2 rings (SSSR count). The van der Waals surface area contributed by atoms with Crippen LogP contribution < -0.4 is 4.72 Å². The summed E-state index contributed by atoms with van der Waals surface area (Å²) in [6, 6.07) is 10.8. The molecular formula is C14H12F2N2O2S. The number of aliphatic imine (C=N–C) groups is 1. The molecule has 21 heavy (non-hydrogen) atoms. The molecule has 0 bridgehead atoms. The SMILES string of the molecule is CN=C(NS(=O)(=O)c1ccc(F)cc1F)c1ccccc1. The quantitative estimate of drug-likeness (QED) is 0.698. The Morgan fingerprint density at radius 1 is 1.10 bits per heavy atom. The highest BCUT2D eigenvalue weighted by Gasteiger charge is 2.21. The van der Waals surface area contributed by atoms with Gasteiger partial charge < -0.3 is 0 Å². The molecule has 0 spiro atoms. The molecule has 0 amide bonds. The van der Waals surface area contributed by atoms with Gasteiger partial charge in [0.1, 0.15) is 22.4 Å². The van der Waals surface area contributed by atoms with Crippen LogP contribution in [0.3, 0.4) is 0 Å². The van der Waals surface area contributed by atoms with Gasteiger partial charge in [-0.25, -0.2) is 17.2 Å². The molecule has 0 aliphatic heterocycles. The normalized spacial score (nSPS) is 12.2. The molecule has 7 heteroatoms. The predicted molar refractivity (Wildman–Crippen MR) is 75.6 cm³/mol. The highest BCUT2D eigenvalue weighted by molar-refractivity contribution is 7.90. The van der Waals surface area contributed by atoms with E-state index in [4.69, 9.17) is 0 Å². The molecule has 0 fully saturated rings. The van der Waals surface area contributed by atoms with E-state index in [2.05, 4.69) is 9.71 Å². The van der Waals surface area contributed by atoms with Crippen LogP contribution in [0.5, 0.6) is 0 Å². The molecule has 0 saturated carbocycles. The molecule has 0 saturated heterocycles. The monoisotopic (exact) mass is 310 g/mol. The molecule has 0 radical (unpaired) electrons. The fourth-order valence-corrected chi connectivity index (χ4v) is 2.84. The van der Waals surface area contributed by atoms with Crippen LogP contribution in [0.15, 0.2) is 58.4 Å². The van der Waals surface area contributed by atoms with Gasteiger partial charge in [0.25, 0.3) is 10.0 Å². The maximum Gasteiger partial charge on any atom is 0.265 e. The zero-order chi connectivity index (χ0) is 15.5. The van der Waals surface area contributed by atoms with Crippen LogP contribution in [-0.4, -0.2) is 21.3 Å². The van der Waals surface area contributed by atoms with Gasteiger partial charge in [-0.05, 0) is 12.1 Å². The standard InChI is InChI=1S/C14H12F2N2O2S/c1-17-14(10-5-3-2-4-6-10)18-21(19,20)13-8-7-11(15)9-12(13)16/h2-9H,1H3,(H,17,18). The number of hydrogen-bond donors (Lipinski definition) is 1. The lowest BCUT2D eigenvalue weighted by Crippen LogP contribution is -2.32. The first-order valence-corrected chi connectivity index (χ1v) is 7.42. The Morgan fingerprint density at radius 2 is 1.76 bits per heavy atom. The maximum atomic E-state index is 13.6. The summed E-state index contributed by atoms with van der Waals surface area (Å²) >= 11 is 0. The Hall–Kier alpha value is -2.28. The smallest absolute Gasteiger partial charge is 0.265 e. The van der Waals surface area contributed by atoms with Gasteiger partial charge in [0.2, 0.25) is 0 Å². The van der Waals surface area contributed by atoms with E-state index in [1.54, 1.807) is 30.3 Å². The summed E-state index contributed by atoms with van der Waals surface area (Å²) in [6.45, 7) is 0. The molecule has 0 aliphatic carbocycles. The Labute approximate surface area is 121 Å². The van der Waals surface area contributed by atoms with E-state index in [1.807, 2.05) is 0 Å². The number of amidine groups is 1. The van der Waals surface area contributed by atoms with Crippen LogP contribution in [0.2, 0.25) is 0 Å². The topological polar surface area (TPSA) is 58.5 Å². The lowest BCUT2D eigenvalue weighted by Gasteiger charge is -2.11. The molecule has 0 atom stereocenters. The number of nitrogens with one attached hydrogen (secondary N) is 1. The van der Waals surface area contributed by atoms with E-state index >= 15 is 0 Å². The highest BCUT2D eigenvalue weighted by Crippen LogP contribution is 2.16. The van der Waals surface area contributed by atoms with Gasteiger partial charge in [0, 0.05) is 18.7 Å². The minimum absolute atomic E-state index is 0.0688. The molecular weight excluding hydrogens is 298 g/mol. The summed E-state index contributed by atoms with van der Waals surface area (Å²) in [5, 5.41) is 0. The number of sulfonamides is 1. The second-order valence-electron chi connectivity index (χ2n) is 4.12. The van der Waals surface area contributed by atoms with Gasteiger partial charge in [-0.15, -0.1) is 0 Å². The highest BCUT2D eigenvalue weighted by atomic mass is 32.2. The van der Waals surface area contributed by atoms with Crippen LogP contribution in [0.4, 0.5) is 8.78 Å². The summed E-state index contributed by atoms with van der Waals surface area (Å²) in [6.07, 6.45) is 0. The zero-order valence-electron chi connectivity index (χ0n) is 11.0. The zero-order valence-corrected chi connectivity index (χ0v) is 11.9. The summed E-state index contributed by atoms with van der Waals surface area (Å²) in [5.74, 6) is -1.94. The van der Waals surface area contributed by atoms with Crippen molar-refractivity contribution >= 4 is 15.9 Å². The van der Waals surface area contributed by atoms with E-state index in [-0.39, 0.29) is 5.84 Å². The molecule has 2 aromatic rings. The van der Waals surface area contributed by atoms with Gasteiger partial charge in [-0.2, -0.15) is 0 Å². The first kappa shape index (κ1) is 15.1. The van der Waals surface area contributed by atoms with Gasteiger partial charge in [-0.1, -0.05) is 30.3 Å². The van der Waals surface area contributed by atoms with Crippen molar-refractivity contribution in [2.45, 2.75) is 4.90 Å². The van der Waals surface area contributed by atoms with E-state index in [9.17, 15) is 17.2 Å². The van der Waals surface area contributed by atoms with E-state index in [1.165, 1.54) is 7.05 Å². The fourth-order valence-electron chi connectivity index (χ4n) is 1.71. The first-order chi connectivity index (χ1) is 9.94. The van der Waals surface area contributed by atoms with Crippen molar-refractivity contribution in [1.29, 1.82) is 0 Å². The molecule has 2 aromatic carbocycles. The number of benzene rings is 2. The Bertz CT molecular complexity index is 775. The third-order valence-corrected chi connectivity index (χ3v) is 4.06. The molecule has 0 aliphatic rings. The van der Waals surface area contributed by atoms with E-state index < -0.39 is 26.6 Å². The number of nitrogens with zero attached hydrogens (tertiary/aromatic N) is 1. The van der Waals surface area contributed by atoms with Crippen molar-refractivity contribution in [3.05, 3.63) is 65.7 Å². The summed E-state index contributed by atoms with van der Waals surface area (Å²) in [7, 11) is -2.78. The van der Waals surface area contributed by atoms with Crippen molar-refractivity contribution in [3.8, 4) is 0 Å².